The number of carbonyl (C=O) groups excluding carboxylic acids is 1. The molecule has 5 nitrogen and oxygen atoms in total. The summed E-state index contributed by atoms with van der Waals surface area (Å²) in [7, 11) is 0. The molecule has 1 aliphatic rings. The summed E-state index contributed by atoms with van der Waals surface area (Å²) in [5.74, 6) is -0.513. The topological polar surface area (TPSA) is 100 Å². The Kier molecular flexibility index (Phi) is 2.15. The molecule has 2 heterocycles. The van der Waals surface area contributed by atoms with Crippen LogP contribution in [0.2, 0.25) is 0 Å². The normalized spacial score (nSPS) is 13.9. The number of primary amides is 1. The van der Waals surface area contributed by atoms with Crippen molar-refractivity contribution in [1.29, 1.82) is 0 Å². The lowest BCUT2D eigenvalue weighted by atomic mass is 10.1. The molecule has 0 bridgehead atoms. The van der Waals surface area contributed by atoms with Gasteiger partial charge in [-0.25, -0.2) is 0 Å². The zero-order valence-electron chi connectivity index (χ0n) is 8.12. The lowest BCUT2D eigenvalue weighted by molar-refractivity contribution is 0.100. The summed E-state index contributed by atoms with van der Waals surface area (Å²) in [6.07, 6.45) is 1.76. The molecule has 0 radical (unpaired) electrons. The summed E-state index contributed by atoms with van der Waals surface area (Å²) in [4.78, 5) is 11.5. The summed E-state index contributed by atoms with van der Waals surface area (Å²) in [5, 5.41) is 0. The second-order valence-electron chi connectivity index (χ2n) is 3.57. The molecule has 6 heteroatoms. The number of rotatable bonds is 2. The lowest BCUT2D eigenvalue weighted by Gasteiger charge is -2.04. The number of aromatic nitrogens is 1. The number of hydrogen-bond donors (Lipinski definition) is 3. The Hall–Kier alpha value is -1.56. The monoisotopic (exact) mass is 224 g/mol. The van der Waals surface area contributed by atoms with Crippen molar-refractivity contribution >= 4 is 28.8 Å². The van der Waals surface area contributed by atoms with Gasteiger partial charge in [-0.3, -0.25) is 4.79 Å². The van der Waals surface area contributed by atoms with E-state index in [1.54, 1.807) is 0 Å². The smallest absolute Gasteiger partial charge is 0.252 e. The van der Waals surface area contributed by atoms with E-state index in [4.69, 9.17) is 29.4 Å². The van der Waals surface area contributed by atoms with E-state index in [1.807, 2.05) is 4.57 Å². The number of fused-ring (bicyclic) bond motifs is 1. The van der Waals surface area contributed by atoms with Crippen molar-refractivity contribution in [2.24, 2.45) is 11.5 Å². The van der Waals surface area contributed by atoms with Gasteiger partial charge in [0.05, 0.1) is 16.9 Å². The predicted octanol–water partition coefficient (Wildman–Crippen LogP) is -0.250. The molecule has 1 aliphatic heterocycles. The van der Waals surface area contributed by atoms with Crippen molar-refractivity contribution in [1.82, 2.24) is 4.57 Å². The van der Waals surface area contributed by atoms with Crippen LogP contribution in [0.4, 0.5) is 5.69 Å². The van der Waals surface area contributed by atoms with Gasteiger partial charge in [0.1, 0.15) is 4.99 Å². The average molecular weight is 224 g/mol. The van der Waals surface area contributed by atoms with E-state index >= 15 is 0 Å². The zero-order chi connectivity index (χ0) is 11.2. The molecule has 0 fully saturated rings. The van der Waals surface area contributed by atoms with Crippen LogP contribution in [0, 0.1) is 0 Å². The summed E-state index contributed by atoms with van der Waals surface area (Å²) in [6.45, 7) is 0.791. The van der Waals surface area contributed by atoms with Gasteiger partial charge in [0.15, 0.2) is 0 Å². The van der Waals surface area contributed by atoms with Crippen LogP contribution in [-0.4, -0.2) is 15.5 Å². The number of amides is 1. The third kappa shape index (κ3) is 1.29. The first-order chi connectivity index (χ1) is 7.04. The molecule has 0 unspecified atom stereocenters. The largest absolute Gasteiger partial charge is 0.396 e. The fourth-order valence-corrected chi connectivity index (χ4v) is 2.36. The van der Waals surface area contributed by atoms with Crippen molar-refractivity contribution in [2.45, 2.75) is 19.4 Å². The molecule has 80 valence electrons. The van der Waals surface area contributed by atoms with E-state index in [1.165, 1.54) is 0 Å². The van der Waals surface area contributed by atoms with E-state index < -0.39 is 5.91 Å². The Morgan fingerprint density at radius 2 is 2.07 bits per heavy atom. The number of nitrogen functional groups attached to an aromatic ring is 1. The molecule has 0 saturated heterocycles. The number of anilines is 1. The standard InChI is InChI=1S/C9H12N4OS/c10-6-5(8(11)14)4-2-1-3-13(4)7(6)9(12)15/h1-3,10H2,(H2,11,14)(H2,12,15). The van der Waals surface area contributed by atoms with Crippen molar-refractivity contribution in [3.8, 4) is 0 Å². The van der Waals surface area contributed by atoms with E-state index in [-0.39, 0.29) is 4.99 Å². The third-order valence-electron chi connectivity index (χ3n) is 2.68. The van der Waals surface area contributed by atoms with Gasteiger partial charge in [-0.05, 0) is 12.8 Å². The maximum atomic E-state index is 11.3. The predicted molar refractivity (Wildman–Crippen MR) is 61.6 cm³/mol. The highest BCUT2D eigenvalue weighted by Gasteiger charge is 2.27. The molecule has 0 atom stereocenters. The number of thiocarbonyl (C=S) groups is 1. The molecule has 1 amide bonds. The minimum atomic E-state index is -0.513. The summed E-state index contributed by atoms with van der Waals surface area (Å²) < 4.78 is 1.90. The third-order valence-corrected chi connectivity index (χ3v) is 2.88. The van der Waals surface area contributed by atoms with Gasteiger partial charge < -0.3 is 21.8 Å². The Balaban J connectivity index is 2.73. The van der Waals surface area contributed by atoms with E-state index in [0.29, 0.717) is 16.9 Å². The molecule has 0 saturated carbocycles. The maximum absolute atomic E-state index is 11.3. The van der Waals surface area contributed by atoms with Crippen molar-refractivity contribution in [2.75, 3.05) is 5.73 Å². The molecule has 2 rings (SSSR count). The maximum Gasteiger partial charge on any atom is 0.252 e. The Labute approximate surface area is 92.2 Å². The van der Waals surface area contributed by atoms with Crippen LogP contribution in [0.25, 0.3) is 0 Å². The van der Waals surface area contributed by atoms with Crippen LogP contribution >= 0.6 is 12.2 Å². The number of carbonyl (C=O) groups is 1. The van der Waals surface area contributed by atoms with Gasteiger partial charge in [0.25, 0.3) is 5.91 Å². The minimum absolute atomic E-state index is 0.211. The molecule has 1 aromatic rings. The number of hydrogen-bond acceptors (Lipinski definition) is 3. The Bertz CT molecular complexity index is 424. The summed E-state index contributed by atoms with van der Waals surface area (Å²) in [6, 6.07) is 0. The average Bonchev–Trinajstić information content (AvgIpc) is 2.60. The van der Waals surface area contributed by atoms with Crippen LogP contribution in [0.15, 0.2) is 0 Å². The second-order valence-corrected chi connectivity index (χ2v) is 4.01. The van der Waals surface area contributed by atoms with Gasteiger partial charge in [0.2, 0.25) is 0 Å². The van der Waals surface area contributed by atoms with E-state index in [9.17, 15) is 4.79 Å². The van der Waals surface area contributed by atoms with Crippen molar-refractivity contribution < 1.29 is 4.79 Å². The van der Waals surface area contributed by atoms with Crippen LogP contribution < -0.4 is 17.2 Å². The lowest BCUT2D eigenvalue weighted by Crippen LogP contribution is -2.17. The highest BCUT2D eigenvalue weighted by atomic mass is 32.1. The highest BCUT2D eigenvalue weighted by molar-refractivity contribution is 7.80. The molecular weight excluding hydrogens is 212 g/mol. The Morgan fingerprint density at radius 1 is 1.40 bits per heavy atom. The molecule has 0 spiro atoms. The fourth-order valence-electron chi connectivity index (χ4n) is 2.14. The fraction of sp³-hybridized carbons (Fsp3) is 0.333. The molecular formula is C9H12N4OS. The first-order valence-corrected chi connectivity index (χ1v) is 5.05. The minimum Gasteiger partial charge on any atom is -0.396 e. The quantitative estimate of drug-likeness (QED) is 0.603. The van der Waals surface area contributed by atoms with E-state index in [0.717, 1.165) is 25.1 Å². The summed E-state index contributed by atoms with van der Waals surface area (Å²) in [5.41, 5.74) is 18.8. The molecule has 0 aromatic carbocycles. The Morgan fingerprint density at radius 3 is 2.60 bits per heavy atom. The highest BCUT2D eigenvalue weighted by Crippen LogP contribution is 2.30. The number of nitrogens with two attached hydrogens (primary N) is 3. The van der Waals surface area contributed by atoms with E-state index in [2.05, 4.69) is 0 Å². The second kappa shape index (κ2) is 3.23. The van der Waals surface area contributed by atoms with Crippen LogP contribution in [0.5, 0.6) is 0 Å². The van der Waals surface area contributed by atoms with Crippen molar-refractivity contribution in [3.63, 3.8) is 0 Å². The van der Waals surface area contributed by atoms with Gasteiger partial charge in [-0.2, -0.15) is 0 Å². The summed E-state index contributed by atoms with van der Waals surface area (Å²) >= 11 is 4.92. The van der Waals surface area contributed by atoms with Crippen LogP contribution in [0.1, 0.15) is 28.2 Å². The molecule has 15 heavy (non-hydrogen) atoms. The molecule has 0 aliphatic carbocycles. The van der Waals surface area contributed by atoms with Gasteiger partial charge in [-0.1, -0.05) is 12.2 Å². The SMILES string of the molecule is NC(=O)c1c(N)c(C(N)=S)n2c1CCC2. The zero-order valence-corrected chi connectivity index (χ0v) is 8.93. The first-order valence-electron chi connectivity index (χ1n) is 4.64. The van der Waals surface area contributed by atoms with Crippen molar-refractivity contribution in [3.05, 3.63) is 17.0 Å². The van der Waals surface area contributed by atoms with Crippen LogP contribution in [0.3, 0.4) is 0 Å². The molecule has 6 N–H and O–H groups in total. The van der Waals surface area contributed by atoms with Crippen LogP contribution in [-0.2, 0) is 13.0 Å². The molecule has 1 aromatic heterocycles. The van der Waals surface area contributed by atoms with Gasteiger partial charge in [-0.15, -0.1) is 0 Å². The van der Waals surface area contributed by atoms with Gasteiger partial charge >= 0.3 is 0 Å². The van der Waals surface area contributed by atoms with Gasteiger partial charge in [0, 0.05) is 12.2 Å². The first kappa shape index (κ1) is 9.97. The number of nitrogens with zero attached hydrogens (tertiary/aromatic N) is 1.